The van der Waals surface area contributed by atoms with Crippen molar-refractivity contribution in [3.63, 3.8) is 0 Å². The summed E-state index contributed by atoms with van der Waals surface area (Å²) in [6.45, 7) is 10.4. The Morgan fingerprint density at radius 1 is 1.00 bits per heavy atom. The second-order valence-electron chi connectivity index (χ2n) is 9.17. The van der Waals surface area contributed by atoms with E-state index in [0.717, 1.165) is 17.3 Å². The van der Waals surface area contributed by atoms with Crippen LogP contribution in [0.15, 0.2) is 40.9 Å². The van der Waals surface area contributed by atoms with Crippen LogP contribution in [0.5, 0.6) is 0 Å². The first-order chi connectivity index (χ1) is 16.8. The first kappa shape index (κ1) is 22.9. The van der Waals surface area contributed by atoms with Crippen LogP contribution in [0.25, 0.3) is 22.4 Å². The molecule has 1 aliphatic rings. The third kappa shape index (κ3) is 4.45. The number of pyridine rings is 1. The Kier molecular flexibility index (Phi) is 5.92. The molecule has 0 spiro atoms. The van der Waals surface area contributed by atoms with E-state index in [1.807, 2.05) is 17.9 Å². The number of halogens is 1. The number of carbonyl (C=O) groups is 1. The van der Waals surface area contributed by atoms with Gasteiger partial charge in [-0.05, 0) is 44.2 Å². The Morgan fingerprint density at radius 2 is 1.71 bits per heavy atom. The third-order valence-corrected chi connectivity index (χ3v) is 6.25. The van der Waals surface area contributed by atoms with E-state index in [9.17, 15) is 9.18 Å². The highest BCUT2D eigenvalue weighted by Gasteiger charge is 2.27. The number of hydrogen-bond donors (Lipinski definition) is 0. The molecule has 8 nitrogen and oxygen atoms in total. The third-order valence-electron chi connectivity index (χ3n) is 6.25. The fourth-order valence-corrected chi connectivity index (χ4v) is 4.34. The van der Waals surface area contributed by atoms with Gasteiger partial charge in [0.1, 0.15) is 17.5 Å². The molecule has 0 N–H and O–H groups in total. The fourth-order valence-electron chi connectivity index (χ4n) is 4.34. The summed E-state index contributed by atoms with van der Waals surface area (Å²) >= 11 is 0. The summed E-state index contributed by atoms with van der Waals surface area (Å²) in [6, 6.07) is 9.74. The van der Waals surface area contributed by atoms with Gasteiger partial charge in [0, 0.05) is 49.4 Å². The predicted octanol–water partition coefficient (Wildman–Crippen LogP) is 4.52. The van der Waals surface area contributed by atoms with Gasteiger partial charge in [-0.3, -0.25) is 4.79 Å². The van der Waals surface area contributed by atoms with Crippen LogP contribution in [0.4, 0.5) is 10.2 Å². The number of rotatable bonds is 4. The Balaban J connectivity index is 1.41. The van der Waals surface area contributed by atoms with Gasteiger partial charge in [0.25, 0.3) is 11.6 Å². The van der Waals surface area contributed by atoms with E-state index in [1.54, 1.807) is 25.1 Å². The average Bonchev–Trinajstić information content (AvgIpc) is 3.24. The lowest BCUT2D eigenvalue weighted by Crippen LogP contribution is -2.49. The highest BCUT2D eigenvalue weighted by Crippen LogP contribution is 2.29. The minimum atomic E-state index is -0.334. The summed E-state index contributed by atoms with van der Waals surface area (Å²) in [6.07, 6.45) is 0. The quantitative estimate of drug-likeness (QED) is 0.430. The highest BCUT2D eigenvalue weighted by molar-refractivity contribution is 6.07. The second-order valence-corrected chi connectivity index (χ2v) is 9.17. The van der Waals surface area contributed by atoms with Crippen molar-refractivity contribution in [2.45, 2.75) is 33.6 Å². The van der Waals surface area contributed by atoms with E-state index < -0.39 is 0 Å². The minimum Gasteiger partial charge on any atom is -0.353 e. The molecule has 0 aliphatic carbocycles. The minimum absolute atomic E-state index is 0.103. The molecule has 4 heterocycles. The maximum Gasteiger partial charge on any atom is 0.259 e. The Bertz CT molecular complexity index is 1390. The lowest BCUT2D eigenvalue weighted by Gasteiger charge is -2.35. The largest absolute Gasteiger partial charge is 0.353 e. The van der Waals surface area contributed by atoms with Crippen molar-refractivity contribution in [2.75, 3.05) is 31.1 Å². The standard InChI is InChI=1S/C26H27FN6O2/c1-15(2)24-28-16(3)13-22(30-24)32-9-11-33(12-10-32)26(34)20-14-21(18-5-7-19(27)8-6-18)29-25-23(20)17(4)31-35-25/h5-8,13-15H,9-12H2,1-4H3. The number of aromatic nitrogens is 4. The summed E-state index contributed by atoms with van der Waals surface area (Å²) in [5.41, 5.74) is 3.56. The SMILES string of the molecule is Cc1cc(N2CCN(C(=O)c3cc(-c4ccc(F)cc4)nc4onc(C)c34)CC2)nc(C(C)C)n1. The molecule has 3 aromatic heterocycles. The van der Waals surface area contributed by atoms with Crippen molar-refractivity contribution in [3.8, 4) is 11.3 Å². The highest BCUT2D eigenvalue weighted by atomic mass is 19.1. The summed E-state index contributed by atoms with van der Waals surface area (Å²) in [5, 5.41) is 4.63. The van der Waals surface area contributed by atoms with Gasteiger partial charge in [-0.1, -0.05) is 19.0 Å². The molecule has 180 valence electrons. The zero-order chi connectivity index (χ0) is 24.7. The van der Waals surface area contributed by atoms with Crippen molar-refractivity contribution < 1.29 is 13.7 Å². The summed E-state index contributed by atoms with van der Waals surface area (Å²) in [7, 11) is 0. The molecule has 0 radical (unpaired) electrons. The monoisotopic (exact) mass is 474 g/mol. The molecule has 0 unspecified atom stereocenters. The van der Waals surface area contributed by atoms with Gasteiger partial charge in [0.2, 0.25) is 0 Å². The number of hydrogen-bond acceptors (Lipinski definition) is 7. The van der Waals surface area contributed by atoms with E-state index in [1.165, 1.54) is 12.1 Å². The summed E-state index contributed by atoms with van der Waals surface area (Å²) < 4.78 is 18.8. The van der Waals surface area contributed by atoms with E-state index in [0.29, 0.717) is 59.8 Å². The molecular weight excluding hydrogens is 447 g/mol. The molecule has 0 bridgehead atoms. The Labute approximate surface area is 202 Å². The van der Waals surface area contributed by atoms with Crippen molar-refractivity contribution in [1.82, 2.24) is 25.0 Å². The smallest absolute Gasteiger partial charge is 0.259 e. The second kappa shape index (κ2) is 9.05. The molecule has 5 rings (SSSR count). The first-order valence-corrected chi connectivity index (χ1v) is 11.7. The molecule has 1 aromatic carbocycles. The van der Waals surface area contributed by atoms with Crippen molar-refractivity contribution in [1.29, 1.82) is 0 Å². The van der Waals surface area contributed by atoms with Gasteiger partial charge < -0.3 is 14.3 Å². The van der Waals surface area contributed by atoms with Gasteiger partial charge in [-0.25, -0.2) is 19.3 Å². The molecule has 1 aliphatic heterocycles. The number of nitrogens with zero attached hydrogens (tertiary/aromatic N) is 6. The molecule has 9 heteroatoms. The van der Waals surface area contributed by atoms with Crippen LogP contribution in [0, 0.1) is 19.7 Å². The topological polar surface area (TPSA) is 88.2 Å². The molecule has 1 amide bonds. The molecular formula is C26H27FN6O2. The normalized spacial score (nSPS) is 14.2. The lowest BCUT2D eigenvalue weighted by atomic mass is 10.0. The summed E-state index contributed by atoms with van der Waals surface area (Å²) in [5.74, 6) is 1.53. The van der Waals surface area contributed by atoms with Gasteiger partial charge in [0.05, 0.1) is 22.3 Å². The van der Waals surface area contributed by atoms with Crippen molar-refractivity contribution in [3.05, 3.63) is 65.0 Å². The van der Waals surface area contributed by atoms with Gasteiger partial charge in [-0.2, -0.15) is 0 Å². The Hall–Kier alpha value is -3.88. The van der Waals surface area contributed by atoms with Crippen LogP contribution in [0.1, 0.15) is 47.3 Å². The van der Waals surface area contributed by atoms with Crippen molar-refractivity contribution >= 4 is 22.8 Å². The van der Waals surface area contributed by atoms with Crippen LogP contribution in [0.3, 0.4) is 0 Å². The molecule has 0 atom stereocenters. The van der Waals surface area contributed by atoms with Gasteiger partial charge in [-0.15, -0.1) is 0 Å². The maximum absolute atomic E-state index is 13.7. The van der Waals surface area contributed by atoms with E-state index in [-0.39, 0.29) is 17.6 Å². The molecule has 35 heavy (non-hydrogen) atoms. The van der Waals surface area contributed by atoms with Crippen LogP contribution >= 0.6 is 0 Å². The van der Waals surface area contributed by atoms with E-state index >= 15 is 0 Å². The number of carbonyl (C=O) groups excluding carboxylic acids is 1. The number of anilines is 1. The Morgan fingerprint density at radius 3 is 2.40 bits per heavy atom. The van der Waals surface area contributed by atoms with Crippen LogP contribution in [0.2, 0.25) is 0 Å². The van der Waals surface area contributed by atoms with Crippen LogP contribution in [-0.4, -0.2) is 57.1 Å². The van der Waals surface area contributed by atoms with E-state index in [2.05, 4.69) is 33.9 Å². The number of benzene rings is 1. The summed E-state index contributed by atoms with van der Waals surface area (Å²) in [4.78, 5) is 31.5. The number of amides is 1. The zero-order valence-electron chi connectivity index (χ0n) is 20.2. The lowest BCUT2D eigenvalue weighted by molar-refractivity contribution is 0.0748. The molecule has 1 fully saturated rings. The average molecular weight is 475 g/mol. The number of piperazine rings is 1. The van der Waals surface area contributed by atoms with Crippen LogP contribution < -0.4 is 4.90 Å². The number of fused-ring (bicyclic) bond motifs is 1. The number of aryl methyl sites for hydroxylation is 2. The van der Waals surface area contributed by atoms with E-state index in [4.69, 9.17) is 9.51 Å². The van der Waals surface area contributed by atoms with Crippen molar-refractivity contribution in [2.24, 2.45) is 0 Å². The van der Waals surface area contributed by atoms with Gasteiger partial charge >= 0.3 is 0 Å². The maximum atomic E-state index is 13.7. The fraction of sp³-hybridized carbons (Fsp3) is 0.346. The molecule has 4 aromatic rings. The molecule has 1 saturated heterocycles. The van der Waals surface area contributed by atoms with Crippen LogP contribution in [-0.2, 0) is 0 Å². The first-order valence-electron chi connectivity index (χ1n) is 11.7. The zero-order valence-corrected chi connectivity index (χ0v) is 20.2. The van der Waals surface area contributed by atoms with Gasteiger partial charge in [0.15, 0.2) is 0 Å². The molecule has 0 saturated carbocycles. The predicted molar refractivity (Wildman–Crippen MR) is 131 cm³/mol.